The fourth-order valence-corrected chi connectivity index (χ4v) is 2.03. The van der Waals surface area contributed by atoms with Crippen molar-refractivity contribution in [1.82, 2.24) is 0 Å². The van der Waals surface area contributed by atoms with Crippen molar-refractivity contribution in [3.8, 4) is 5.75 Å². The molecule has 0 atom stereocenters. The number of hydrogen-bond acceptors (Lipinski definition) is 2. The molecule has 0 bridgehead atoms. The molecular formula is C18H25NO. The van der Waals surface area contributed by atoms with Crippen LogP contribution in [0.4, 0.5) is 11.4 Å². The first-order chi connectivity index (χ1) is 9.85. The molecule has 0 unspecified atom stereocenters. The molecule has 0 N–H and O–H groups in total. The molecule has 0 amide bonds. The molecule has 0 aromatic heterocycles. The van der Waals surface area contributed by atoms with Crippen molar-refractivity contribution in [3.63, 3.8) is 0 Å². The minimum Gasteiger partial charge on any atom is -0.494 e. The van der Waals surface area contributed by atoms with E-state index in [9.17, 15) is 0 Å². The third-order valence-corrected chi connectivity index (χ3v) is 2.82. The van der Waals surface area contributed by atoms with Crippen LogP contribution >= 0.6 is 0 Å². The summed E-state index contributed by atoms with van der Waals surface area (Å²) in [6.07, 6.45) is 0. The van der Waals surface area contributed by atoms with Crippen LogP contribution in [0.3, 0.4) is 0 Å². The van der Waals surface area contributed by atoms with Crippen molar-refractivity contribution in [2.45, 2.75) is 27.7 Å². The number of hydrogen-bond donors (Lipinski definition) is 0. The lowest BCUT2D eigenvalue weighted by molar-refractivity contribution is 0.340. The average molecular weight is 271 g/mol. The van der Waals surface area contributed by atoms with Crippen LogP contribution in [0.5, 0.6) is 5.75 Å². The molecule has 0 saturated carbocycles. The molecule has 2 heteroatoms. The van der Waals surface area contributed by atoms with E-state index in [1.54, 1.807) is 0 Å². The number of nitrogens with zero attached hydrogens (tertiary/aromatic N) is 1. The van der Waals surface area contributed by atoms with Crippen molar-refractivity contribution in [3.05, 3.63) is 54.6 Å². The monoisotopic (exact) mass is 271 g/mol. The Labute approximate surface area is 123 Å². The molecule has 0 aliphatic carbocycles. The van der Waals surface area contributed by atoms with E-state index in [-0.39, 0.29) is 0 Å². The second-order valence-corrected chi connectivity index (χ2v) is 4.01. The van der Waals surface area contributed by atoms with Crippen LogP contribution in [-0.4, -0.2) is 13.2 Å². The molecule has 0 aliphatic heterocycles. The Bertz CT molecular complexity index is 482. The van der Waals surface area contributed by atoms with Gasteiger partial charge in [-0.25, -0.2) is 0 Å². The van der Waals surface area contributed by atoms with Gasteiger partial charge in [0, 0.05) is 24.0 Å². The first kappa shape index (κ1) is 16.1. The first-order valence-corrected chi connectivity index (χ1v) is 7.40. The van der Waals surface area contributed by atoms with Gasteiger partial charge in [-0.2, -0.15) is 0 Å². The molecule has 0 heterocycles. The lowest BCUT2D eigenvalue weighted by Gasteiger charge is -2.23. The van der Waals surface area contributed by atoms with Crippen molar-refractivity contribution in [2.75, 3.05) is 18.1 Å². The van der Waals surface area contributed by atoms with E-state index < -0.39 is 0 Å². The van der Waals surface area contributed by atoms with Gasteiger partial charge in [0.25, 0.3) is 0 Å². The van der Waals surface area contributed by atoms with E-state index in [1.807, 2.05) is 39.0 Å². The van der Waals surface area contributed by atoms with Gasteiger partial charge >= 0.3 is 0 Å². The molecule has 2 nitrogen and oxygen atoms in total. The van der Waals surface area contributed by atoms with E-state index in [0.717, 1.165) is 18.0 Å². The fourth-order valence-electron chi connectivity index (χ4n) is 2.03. The highest BCUT2D eigenvalue weighted by Crippen LogP contribution is 2.27. The van der Waals surface area contributed by atoms with Gasteiger partial charge in [-0.05, 0) is 38.1 Å². The van der Waals surface area contributed by atoms with E-state index in [2.05, 4.69) is 48.2 Å². The van der Waals surface area contributed by atoms with Gasteiger partial charge in [-0.3, -0.25) is 0 Å². The highest BCUT2D eigenvalue weighted by atomic mass is 16.5. The number of para-hydroxylation sites is 1. The maximum Gasteiger partial charge on any atom is 0.121 e. The van der Waals surface area contributed by atoms with Crippen LogP contribution in [0.25, 0.3) is 0 Å². The quantitative estimate of drug-likeness (QED) is 0.734. The Morgan fingerprint density at radius 1 is 0.850 bits per heavy atom. The zero-order chi connectivity index (χ0) is 14.8. The van der Waals surface area contributed by atoms with Gasteiger partial charge in [0.15, 0.2) is 0 Å². The Hall–Kier alpha value is -1.96. The van der Waals surface area contributed by atoms with Crippen LogP contribution in [0, 0.1) is 0 Å². The number of benzene rings is 2. The highest BCUT2D eigenvalue weighted by molar-refractivity contribution is 5.64. The lowest BCUT2D eigenvalue weighted by Crippen LogP contribution is -2.15. The second kappa shape index (κ2) is 9.03. The van der Waals surface area contributed by atoms with Gasteiger partial charge in [-0.15, -0.1) is 0 Å². The first-order valence-electron chi connectivity index (χ1n) is 7.40. The summed E-state index contributed by atoms with van der Waals surface area (Å²) in [5.41, 5.74) is 2.36. The Balaban J connectivity index is 0.000000956. The summed E-state index contributed by atoms with van der Waals surface area (Å²) >= 11 is 0. The summed E-state index contributed by atoms with van der Waals surface area (Å²) in [4.78, 5) is 2.27. The predicted molar refractivity (Wildman–Crippen MR) is 88.1 cm³/mol. The van der Waals surface area contributed by atoms with Crippen LogP contribution in [0.2, 0.25) is 0 Å². The molecule has 0 spiro atoms. The van der Waals surface area contributed by atoms with E-state index >= 15 is 0 Å². The average Bonchev–Trinajstić information content (AvgIpc) is 2.52. The fraction of sp³-hybridized carbons (Fsp3) is 0.333. The smallest absolute Gasteiger partial charge is 0.121 e. The number of ether oxygens (including phenoxy) is 1. The molecule has 0 saturated heterocycles. The van der Waals surface area contributed by atoms with Crippen molar-refractivity contribution in [1.29, 1.82) is 0 Å². The Morgan fingerprint density at radius 3 is 2.10 bits per heavy atom. The number of anilines is 2. The highest BCUT2D eigenvalue weighted by Gasteiger charge is 2.07. The van der Waals surface area contributed by atoms with Crippen molar-refractivity contribution < 1.29 is 4.74 Å². The predicted octanol–water partition coefficient (Wildman–Crippen LogP) is 5.27. The van der Waals surface area contributed by atoms with Crippen molar-refractivity contribution in [2.24, 2.45) is 0 Å². The molecule has 0 fully saturated rings. The molecular weight excluding hydrogens is 246 g/mol. The van der Waals surface area contributed by atoms with E-state index in [4.69, 9.17) is 4.74 Å². The van der Waals surface area contributed by atoms with Crippen LogP contribution in [-0.2, 0) is 0 Å². The summed E-state index contributed by atoms with van der Waals surface area (Å²) in [5, 5.41) is 0. The largest absolute Gasteiger partial charge is 0.494 e. The van der Waals surface area contributed by atoms with Gasteiger partial charge in [-0.1, -0.05) is 38.1 Å². The zero-order valence-electron chi connectivity index (χ0n) is 13.0. The van der Waals surface area contributed by atoms with Crippen LogP contribution in [0.15, 0.2) is 54.6 Å². The third-order valence-electron chi connectivity index (χ3n) is 2.82. The molecule has 2 rings (SSSR count). The molecule has 108 valence electrons. The summed E-state index contributed by atoms with van der Waals surface area (Å²) in [7, 11) is 0. The molecule has 20 heavy (non-hydrogen) atoms. The van der Waals surface area contributed by atoms with Crippen LogP contribution in [0.1, 0.15) is 27.7 Å². The van der Waals surface area contributed by atoms with Crippen LogP contribution < -0.4 is 9.64 Å². The summed E-state index contributed by atoms with van der Waals surface area (Å²) in [6, 6.07) is 18.6. The topological polar surface area (TPSA) is 12.5 Å². The van der Waals surface area contributed by atoms with Gasteiger partial charge in [0.05, 0.1) is 6.61 Å². The molecule has 2 aromatic rings. The summed E-state index contributed by atoms with van der Waals surface area (Å²) in [5.74, 6) is 0.921. The van der Waals surface area contributed by atoms with Crippen molar-refractivity contribution >= 4 is 11.4 Å². The van der Waals surface area contributed by atoms with Gasteiger partial charge in [0.2, 0.25) is 0 Å². The van der Waals surface area contributed by atoms with Gasteiger partial charge < -0.3 is 9.64 Å². The van der Waals surface area contributed by atoms with E-state index in [0.29, 0.717) is 6.61 Å². The summed E-state index contributed by atoms with van der Waals surface area (Å²) < 4.78 is 5.55. The molecule has 0 aliphatic rings. The normalized spacial score (nSPS) is 9.40. The maximum absolute atomic E-state index is 5.55. The zero-order valence-corrected chi connectivity index (χ0v) is 13.0. The summed E-state index contributed by atoms with van der Waals surface area (Å²) in [6.45, 7) is 9.78. The van der Waals surface area contributed by atoms with E-state index in [1.165, 1.54) is 5.69 Å². The third kappa shape index (κ3) is 4.30. The van der Waals surface area contributed by atoms with Gasteiger partial charge in [0.1, 0.15) is 5.75 Å². The SMILES string of the molecule is CC.CCOc1cccc(N(CC)c2ccccc2)c1. The Kier molecular flexibility index (Phi) is 7.26. The lowest BCUT2D eigenvalue weighted by atomic mass is 10.2. The molecule has 2 aromatic carbocycles. The second-order valence-electron chi connectivity index (χ2n) is 4.01. The molecule has 0 radical (unpaired) electrons. The Morgan fingerprint density at radius 2 is 1.50 bits per heavy atom. The minimum atomic E-state index is 0.695. The minimum absolute atomic E-state index is 0.695. The maximum atomic E-state index is 5.55. The number of rotatable bonds is 5. The standard InChI is InChI=1S/C16H19NO.C2H6/c1-3-17(14-9-6-5-7-10-14)15-11-8-12-16(13-15)18-4-2;1-2/h5-13H,3-4H2,1-2H3;1-2H3.